The maximum absolute atomic E-state index is 14.7. The highest BCUT2D eigenvalue weighted by Crippen LogP contribution is 2.48. The van der Waals surface area contributed by atoms with E-state index in [-0.39, 0.29) is 40.8 Å². The van der Waals surface area contributed by atoms with Crippen molar-refractivity contribution in [3.8, 4) is 22.8 Å². The molecule has 2 amide bonds. The number of nitrogens with zero attached hydrogens (tertiary/aromatic N) is 2. The van der Waals surface area contributed by atoms with Gasteiger partial charge in [0.1, 0.15) is 40.6 Å². The number of benzene rings is 2. The van der Waals surface area contributed by atoms with Crippen molar-refractivity contribution in [1.82, 2.24) is 15.3 Å². The normalized spacial score (nSPS) is 18.1. The second kappa shape index (κ2) is 11.8. The Bertz CT molecular complexity index is 1970. The Morgan fingerprint density at radius 2 is 1.87 bits per heavy atom. The smallest absolute Gasteiger partial charge is 0.398 e. The molecule has 8 nitrogen and oxygen atoms in total. The summed E-state index contributed by atoms with van der Waals surface area (Å²) < 4.78 is 84.1. The Labute approximate surface area is 274 Å². The van der Waals surface area contributed by atoms with Crippen LogP contribution in [0.15, 0.2) is 36.4 Å². The molecule has 0 bridgehead atoms. The summed E-state index contributed by atoms with van der Waals surface area (Å²) >= 11 is 12.3. The molecule has 1 aliphatic carbocycles. The molecule has 2 aromatic heterocycles. The van der Waals surface area contributed by atoms with Crippen molar-refractivity contribution in [2.24, 2.45) is 5.73 Å². The lowest BCUT2D eigenvalue weighted by Gasteiger charge is -2.24. The van der Waals surface area contributed by atoms with Crippen LogP contribution in [0.2, 0.25) is 10.0 Å². The maximum atomic E-state index is 14.7. The van der Waals surface area contributed by atoms with Gasteiger partial charge in [-0.2, -0.15) is 13.2 Å². The number of nitrogens with one attached hydrogen (secondary N) is 1. The van der Waals surface area contributed by atoms with E-state index < -0.39 is 58.2 Å². The number of hydrogen-bond donors (Lipinski definition) is 2. The van der Waals surface area contributed by atoms with E-state index in [1.807, 2.05) is 0 Å². The molecule has 2 aromatic carbocycles. The van der Waals surface area contributed by atoms with Crippen molar-refractivity contribution in [3.63, 3.8) is 0 Å². The summed E-state index contributed by atoms with van der Waals surface area (Å²) in [5.74, 6) is -6.80. The molecule has 246 valence electrons. The molecular formula is C32H25Cl2F5N4O4. The third-order valence-electron chi connectivity index (χ3n) is 8.24. The van der Waals surface area contributed by atoms with Crippen LogP contribution in [0.1, 0.15) is 53.0 Å². The summed E-state index contributed by atoms with van der Waals surface area (Å²) in [7, 11) is 0. The van der Waals surface area contributed by atoms with Crippen molar-refractivity contribution < 1.29 is 41.0 Å². The molecule has 1 aliphatic heterocycles. The molecule has 4 aromatic rings. The van der Waals surface area contributed by atoms with Gasteiger partial charge in [0, 0.05) is 28.6 Å². The lowest BCUT2D eigenvalue weighted by atomic mass is 9.82. The fourth-order valence-electron chi connectivity index (χ4n) is 5.27. The summed E-state index contributed by atoms with van der Waals surface area (Å²) in [4.78, 5) is 34.4. The van der Waals surface area contributed by atoms with Crippen LogP contribution in [0.5, 0.6) is 11.5 Å². The SMILES string of the molecule is Cc1nc2c(OC3CC3)cc(C(=O)NCC(c3cc4c(c(-c5ccc(F)c(F)c5Cl)n3)OC[C@]4(C)C(N)=O)C(F)(F)F)cc2cc1Cl. The van der Waals surface area contributed by atoms with Crippen molar-refractivity contribution in [2.75, 3.05) is 13.2 Å². The number of fused-ring (bicyclic) bond motifs is 2. The summed E-state index contributed by atoms with van der Waals surface area (Å²) in [5.41, 5.74) is 3.68. The topological polar surface area (TPSA) is 116 Å². The number of ether oxygens (including phenoxy) is 2. The summed E-state index contributed by atoms with van der Waals surface area (Å²) in [5, 5.41) is 2.35. The number of primary amides is 1. The van der Waals surface area contributed by atoms with E-state index in [1.165, 1.54) is 19.1 Å². The molecule has 1 saturated carbocycles. The zero-order chi connectivity index (χ0) is 34.0. The van der Waals surface area contributed by atoms with Crippen molar-refractivity contribution >= 4 is 45.9 Å². The lowest BCUT2D eigenvalue weighted by Crippen LogP contribution is -2.40. The van der Waals surface area contributed by atoms with Crippen LogP contribution in [0.25, 0.3) is 22.2 Å². The number of nitrogens with two attached hydrogens (primary N) is 1. The minimum Gasteiger partial charge on any atom is -0.489 e. The Morgan fingerprint density at radius 3 is 2.53 bits per heavy atom. The molecule has 3 N–H and O–H groups in total. The standard InChI is InChI=1S/C32H25Cl2F5N4O4/c1-13-20(33)8-14-7-15(9-23(26(14)42-13)47-16-3-4-16)29(44)41-11-19(32(37,38)39)22-10-18-28(46-12-31(18,2)30(40)45)27(43-22)17-5-6-21(35)25(36)24(17)34/h5-10,16,19H,3-4,11-12H2,1-2H3,(H2,40,45)(H,41,44)/t19?,31-/m0/s1. The highest BCUT2D eigenvalue weighted by atomic mass is 35.5. The first-order valence-corrected chi connectivity index (χ1v) is 15.1. The molecule has 1 unspecified atom stereocenters. The monoisotopic (exact) mass is 694 g/mol. The summed E-state index contributed by atoms with van der Waals surface area (Å²) in [6, 6.07) is 7.22. The first-order valence-electron chi connectivity index (χ1n) is 14.3. The number of hydrogen-bond acceptors (Lipinski definition) is 6. The average molecular weight is 695 g/mol. The van der Waals surface area contributed by atoms with Gasteiger partial charge >= 0.3 is 6.18 Å². The average Bonchev–Trinajstić information content (AvgIpc) is 3.76. The second-order valence-corrected chi connectivity index (χ2v) is 12.5. The predicted molar refractivity (Wildman–Crippen MR) is 163 cm³/mol. The van der Waals surface area contributed by atoms with Crippen LogP contribution >= 0.6 is 23.2 Å². The van der Waals surface area contributed by atoms with E-state index in [9.17, 15) is 31.5 Å². The molecule has 1 fully saturated rings. The summed E-state index contributed by atoms with van der Waals surface area (Å²) in [6.45, 7) is 1.74. The number of aryl methyl sites for hydroxylation is 1. The largest absolute Gasteiger partial charge is 0.489 e. The fourth-order valence-corrected chi connectivity index (χ4v) is 5.67. The Hall–Kier alpha value is -4.23. The van der Waals surface area contributed by atoms with Gasteiger partial charge in [-0.1, -0.05) is 23.2 Å². The van der Waals surface area contributed by atoms with Crippen LogP contribution in [0.4, 0.5) is 22.0 Å². The minimum absolute atomic E-state index is 0.00154. The first kappa shape index (κ1) is 32.7. The van der Waals surface area contributed by atoms with E-state index in [1.54, 1.807) is 13.0 Å². The molecule has 6 rings (SSSR count). The van der Waals surface area contributed by atoms with E-state index in [0.717, 1.165) is 31.0 Å². The highest BCUT2D eigenvalue weighted by Gasteiger charge is 2.47. The van der Waals surface area contributed by atoms with Crippen LogP contribution in [-0.4, -0.2) is 47.2 Å². The Balaban J connectivity index is 1.40. The highest BCUT2D eigenvalue weighted by molar-refractivity contribution is 6.33. The van der Waals surface area contributed by atoms with E-state index in [2.05, 4.69) is 15.3 Å². The van der Waals surface area contributed by atoms with Gasteiger partial charge in [-0.3, -0.25) is 9.59 Å². The van der Waals surface area contributed by atoms with Gasteiger partial charge in [0.05, 0.1) is 27.5 Å². The van der Waals surface area contributed by atoms with Crippen molar-refractivity contribution in [1.29, 1.82) is 0 Å². The Kier molecular flexibility index (Phi) is 8.20. The quantitative estimate of drug-likeness (QED) is 0.152. The lowest BCUT2D eigenvalue weighted by molar-refractivity contribution is -0.149. The van der Waals surface area contributed by atoms with Gasteiger partial charge in [0.15, 0.2) is 11.6 Å². The number of pyridine rings is 2. The van der Waals surface area contributed by atoms with Gasteiger partial charge < -0.3 is 20.5 Å². The zero-order valence-corrected chi connectivity index (χ0v) is 26.2. The van der Waals surface area contributed by atoms with Crippen LogP contribution in [-0.2, 0) is 10.2 Å². The van der Waals surface area contributed by atoms with Gasteiger partial charge in [-0.05, 0) is 63.1 Å². The predicted octanol–water partition coefficient (Wildman–Crippen LogP) is 6.94. The molecule has 15 heteroatoms. The van der Waals surface area contributed by atoms with Gasteiger partial charge in [-0.15, -0.1) is 0 Å². The molecule has 3 heterocycles. The first-order chi connectivity index (χ1) is 22.1. The second-order valence-electron chi connectivity index (χ2n) is 11.7. The van der Waals surface area contributed by atoms with E-state index in [0.29, 0.717) is 27.4 Å². The van der Waals surface area contributed by atoms with Crippen molar-refractivity contribution in [2.45, 2.75) is 50.3 Å². The number of aromatic nitrogens is 2. The number of halogens is 7. The minimum atomic E-state index is -4.98. The zero-order valence-electron chi connectivity index (χ0n) is 24.7. The molecular weight excluding hydrogens is 670 g/mol. The molecule has 2 aliphatic rings. The molecule has 0 saturated heterocycles. The number of alkyl halides is 3. The van der Waals surface area contributed by atoms with Crippen LogP contribution in [0, 0.1) is 18.6 Å². The third kappa shape index (κ3) is 6.02. The van der Waals surface area contributed by atoms with Crippen LogP contribution < -0.4 is 20.5 Å². The summed E-state index contributed by atoms with van der Waals surface area (Å²) in [6.07, 6.45) is -3.43. The number of carbonyl (C=O) groups excluding carboxylic acids is 2. The van der Waals surface area contributed by atoms with Gasteiger partial charge in [0.2, 0.25) is 5.91 Å². The molecule has 0 spiro atoms. The van der Waals surface area contributed by atoms with Crippen LogP contribution in [0.3, 0.4) is 0 Å². The fraction of sp³-hybridized carbons (Fsp3) is 0.312. The van der Waals surface area contributed by atoms with Crippen molar-refractivity contribution in [3.05, 3.63) is 80.6 Å². The van der Waals surface area contributed by atoms with E-state index >= 15 is 0 Å². The molecule has 2 atom stereocenters. The third-order valence-corrected chi connectivity index (χ3v) is 8.99. The van der Waals surface area contributed by atoms with Gasteiger partial charge in [-0.25, -0.2) is 18.7 Å². The maximum Gasteiger partial charge on any atom is 0.398 e. The molecule has 0 radical (unpaired) electrons. The number of carbonyl (C=O) groups is 2. The van der Waals surface area contributed by atoms with Gasteiger partial charge in [0.25, 0.3) is 5.91 Å². The number of rotatable bonds is 8. The number of amides is 2. The van der Waals surface area contributed by atoms with E-state index in [4.69, 9.17) is 38.4 Å². The molecule has 47 heavy (non-hydrogen) atoms. The Morgan fingerprint density at radius 1 is 1.15 bits per heavy atom.